The zero-order chi connectivity index (χ0) is 10.8. The summed E-state index contributed by atoms with van der Waals surface area (Å²) in [5.74, 6) is 0.621. The molecule has 0 saturated heterocycles. The van der Waals surface area contributed by atoms with Gasteiger partial charge < -0.3 is 0 Å². The highest BCUT2D eigenvalue weighted by Gasteiger charge is 2.04. The Bertz CT molecular complexity index is 503. The molecule has 0 saturated carbocycles. The molecule has 2 nitrogen and oxygen atoms in total. The third kappa shape index (κ3) is 2.56. The smallest absolute Gasteiger partial charge is 0.160 e. The van der Waals surface area contributed by atoms with E-state index in [1.165, 1.54) is 0 Å². The lowest BCUT2D eigenvalue weighted by molar-refractivity contribution is 1.17. The molecule has 0 amide bonds. The summed E-state index contributed by atoms with van der Waals surface area (Å²) < 4.78 is 1.96. The van der Waals surface area contributed by atoms with E-state index in [2.05, 4.69) is 41.8 Å². The van der Waals surface area contributed by atoms with Crippen LogP contribution in [0.2, 0.25) is 5.15 Å². The molecule has 5 heteroatoms. The zero-order valence-corrected chi connectivity index (χ0v) is 11.3. The fraction of sp³-hybridized carbons (Fsp3) is 0. The number of benzene rings is 1. The van der Waals surface area contributed by atoms with Crippen LogP contribution in [0.15, 0.2) is 39.4 Å². The van der Waals surface area contributed by atoms with Crippen LogP contribution < -0.4 is 0 Å². The van der Waals surface area contributed by atoms with Crippen molar-refractivity contribution in [1.29, 1.82) is 0 Å². The molecule has 0 atom stereocenters. The molecule has 0 radical (unpaired) electrons. The molecule has 0 unspecified atom stereocenters. The molecule has 1 aromatic heterocycles. The van der Waals surface area contributed by atoms with Crippen molar-refractivity contribution in [2.45, 2.75) is 0 Å². The van der Waals surface area contributed by atoms with Crippen molar-refractivity contribution >= 4 is 43.5 Å². The van der Waals surface area contributed by atoms with Crippen LogP contribution in [0.4, 0.5) is 0 Å². The van der Waals surface area contributed by atoms with Gasteiger partial charge in [0.25, 0.3) is 0 Å². The van der Waals surface area contributed by atoms with E-state index in [0.29, 0.717) is 11.0 Å². The average Bonchev–Trinajstić information content (AvgIpc) is 2.22. The molecule has 1 heterocycles. The van der Waals surface area contributed by atoms with Gasteiger partial charge in [0.2, 0.25) is 0 Å². The predicted octanol–water partition coefficient (Wildman–Crippen LogP) is 4.32. The summed E-state index contributed by atoms with van der Waals surface area (Å²) >= 11 is 12.6. The molecular formula is C10H5Br2ClN2. The van der Waals surface area contributed by atoms with E-state index >= 15 is 0 Å². The van der Waals surface area contributed by atoms with Gasteiger partial charge in [0, 0.05) is 20.7 Å². The van der Waals surface area contributed by atoms with E-state index in [9.17, 15) is 0 Å². The van der Waals surface area contributed by atoms with Gasteiger partial charge in [0.1, 0.15) is 5.15 Å². The van der Waals surface area contributed by atoms with Crippen LogP contribution in [0.25, 0.3) is 11.4 Å². The van der Waals surface area contributed by atoms with Crippen molar-refractivity contribution in [2.24, 2.45) is 0 Å². The second-order valence-corrected chi connectivity index (χ2v) is 4.93. The van der Waals surface area contributed by atoms with Crippen molar-refractivity contribution in [3.63, 3.8) is 0 Å². The Kier molecular flexibility index (Phi) is 3.38. The lowest BCUT2D eigenvalue weighted by Gasteiger charge is -2.02. The first-order valence-electron chi connectivity index (χ1n) is 4.11. The van der Waals surface area contributed by atoms with Crippen LogP contribution in [0.3, 0.4) is 0 Å². The van der Waals surface area contributed by atoms with Crippen LogP contribution in [-0.4, -0.2) is 9.97 Å². The third-order valence-corrected chi connectivity index (χ3v) is 3.89. The van der Waals surface area contributed by atoms with Gasteiger partial charge in [-0.15, -0.1) is 0 Å². The Balaban J connectivity index is 2.50. The Morgan fingerprint density at radius 1 is 1.07 bits per heavy atom. The van der Waals surface area contributed by atoms with Crippen molar-refractivity contribution < 1.29 is 0 Å². The number of hydrogen-bond acceptors (Lipinski definition) is 2. The normalized spacial score (nSPS) is 10.3. The molecule has 0 aliphatic carbocycles. The summed E-state index contributed by atoms with van der Waals surface area (Å²) in [7, 11) is 0. The average molecular weight is 348 g/mol. The number of hydrogen-bond donors (Lipinski definition) is 0. The Morgan fingerprint density at radius 3 is 2.53 bits per heavy atom. The van der Waals surface area contributed by atoms with Gasteiger partial charge in [-0.2, -0.15) is 0 Å². The third-order valence-electron chi connectivity index (χ3n) is 1.80. The second kappa shape index (κ2) is 4.60. The van der Waals surface area contributed by atoms with Crippen LogP contribution in [0.5, 0.6) is 0 Å². The van der Waals surface area contributed by atoms with E-state index in [0.717, 1.165) is 14.5 Å². The first kappa shape index (κ1) is 11.0. The topological polar surface area (TPSA) is 25.8 Å². The maximum absolute atomic E-state index is 5.79. The fourth-order valence-corrected chi connectivity index (χ4v) is 1.87. The SMILES string of the molecule is Clc1ccnc(-c2ccc(Br)c(Br)c2)n1. The van der Waals surface area contributed by atoms with Gasteiger partial charge in [0.05, 0.1) is 0 Å². The van der Waals surface area contributed by atoms with Crippen molar-refractivity contribution in [1.82, 2.24) is 9.97 Å². The van der Waals surface area contributed by atoms with Gasteiger partial charge >= 0.3 is 0 Å². The van der Waals surface area contributed by atoms with Gasteiger partial charge in [-0.1, -0.05) is 11.6 Å². The van der Waals surface area contributed by atoms with Crippen LogP contribution in [0.1, 0.15) is 0 Å². The van der Waals surface area contributed by atoms with E-state index in [4.69, 9.17) is 11.6 Å². The van der Waals surface area contributed by atoms with Crippen LogP contribution >= 0.6 is 43.5 Å². The van der Waals surface area contributed by atoms with E-state index in [1.807, 2.05) is 18.2 Å². The molecule has 0 aliphatic rings. The lowest BCUT2D eigenvalue weighted by atomic mass is 10.2. The minimum Gasteiger partial charge on any atom is -0.236 e. The standard InChI is InChI=1S/C10H5Br2ClN2/c11-7-2-1-6(5-8(7)12)10-14-4-3-9(13)15-10/h1-5H. The van der Waals surface area contributed by atoms with Gasteiger partial charge in [0.15, 0.2) is 5.82 Å². The molecule has 0 spiro atoms. The molecule has 0 bridgehead atoms. The number of halogens is 3. The van der Waals surface area contributed by atoms with Gasteiger partial charge in [-0.25, -0.2) is 9.97 Å². The quantitative estimate of drug-likeness (QED) is 0.717. The monoisotopic (exact) mass is 346 g/mol. The highest BCUT2D eigenvalue weighted by molar-refractivity contribution is 9.13. The molecule has 0 fully saturated rings. The number of nitrogens with zero attached hydrogens (tertiary/aromatic N) is 2. The van der Waals surface area contributed by atoms with Gasteiger partial charge in [-0.05, 0) is 56.1 Å². The summed E-state index contributed by atoms with van der Waals surface area (Å²) in [6.45, 7) is 0. The zero-order valence-electron chi connectivity index (χ0n) is 7.42. The summed E-state index contributed by atoms with van der Waals surface area (Å²) in [5.41, 5.74) is 0.924. The van der Waals surface area contributed by atoms with E-state index in [-0.39, 0.29) is 0 Å². The van der Waals surface area contributed by atoms with Crippen molar-refractivity contribution in [2.75, 3.05) is 0 Å². The minimum absolute atomic E-state index is 0.444. The lowest BCUT2D eigenvalue weighted by Crippen LogP contribution is -1.88. The largest absolute Gasteiger partial charge is 0.236 e. The van der Waals surface area contributed by atoms with Crippen molar-refractivity contribution in [3.05, 3.63) is 44.6 Å². The molecule has 0 aliphatic heterocycles. The maximum Gasteiger partial charge on any atom is 0.160 e. The molecule has 15 heavy (non-hydrogen) atoms. The minimum atomic E-state index is 0.444. The van der Waals surface area contributed by atoms with Gasteiger partial charge in [-0.3, -0.25) is 0 Å². The van der Waals surface area contributed by atoms with Crippen LogP contribution in [-0.2, 0) is 0 Å². The number of aromatic nitrogens is 2. The first-order chi connectivity index (χ1) is 7.16. The molecule has 2 aromatic rings. The first-order valence-corrected chi connectivity index (χ1v) is 6.07. The summed E-state index contributed by atoms with van der Waals surface area (Å²) in [4.78, 5) is 8.28. The highest BCUT2D eigenvalue weighted by Crippen LogP contribution is 2.27. The molecule has 76 valence electrons. The Morgan fingerprint density at radius 2 is 1.87 bits per heavy atom. The summed E-state index contributed by atoms with van der Waals surface area (Å²) in [6.07, 6.45) is 1.64. The predicted molar refractivity (Wildman–Crippen MR) is 67.9 cm³/mol. The molecule has 2 rings (SSSR count). The van der Waals surface area contributed by atoms with E-state index in [1.54, 1.807) is 12.3 Å². The Labute approximate surface area is 109 Å². The summed E-state index contributed by atoms with van der Waals surface area (Å²) in [5, 5.41) is 0.444. The maximum atomic E-state index is 5.79. The summed E-state index contributed by atoms with van der Waals surface area (Å²) in [6, 6.07) is 7.46. The molecular weight excluding hydrogens is 343 g/mol. The number of rotatable bonds is 1. The molecule has 1 aromatic carbocycles. The van der Waals surface area contributed by atoms with Crippen molar-refractivity contribution in [3.8, 4) is 11.4 Å². The highest BCUT2D eigenvalue weighted by atomic mass is 79.9. The second-order valence-electron chi connectivity index (χ2n) is 2.83. The molecule has 0 N–H and O–H groups in total. The Hall–Kier alpha value is -0.450. The van der Waals surface area contributed by atoms with E-state index < -0.39 is 0 Å². The van der Waals surface area contributed by atoms with Crippen LogP contribution in [0, 0.1) is 0 Å². The fourth-order valence-electron chi connectivity index (χ4n) is 1.11.